The van der Waals surface area contributed by atoms with Crippen LogP contribution < -0.4 is 5.32 Å². The number of nitrogens with one attached hydrogen (secondary N) is 1. The summed E-state index contributed by atoms with van der Waals surface area (Å²) in [4.78, 5) is 13.5. The van der Waals surface area contributed by atoms with Gasteiger partial charge < -0.3 is 5.32 Å². The van der Waals surface area contributed by atoms with Crippen molar-refractivity contribution < 1.29 is 13.2 Å². The quantitative estimate of drug-likeness (QED) is 0.799. The van der Waals surface area contributed by atoms with Crippen molar-refractivity contribution in [3.8, 4) is 11.4 Å². The fraction of sp³-hybridized carbons (Fsp3) is 0.429. The van der Waals surface area contributed by atoms with E-state index in [4.69, 9.17) is 0 Å². The smallest absolute Gasteiger partial charge is 0.246 e. The van der Waals surface area contributed by atoms with Gasteiger partial charge in [0.1, 0.15) is 6.04 Å². The number of benzene rings is 1. The number of hydrogen-bond acceptors (Lipinski definition) is 6. The summed E-state index contributed by atoms with van der Waals surface area (Å²) in [6, 6.07) is 6.41. The zero-order valence-corrected chi connectivity index (χ0v) is 15.3. The lowest BCUT2D eigenvalue weighted by atomic mass is 10.2. The van der Waals surface area contributed by atoms with Crippen molar-refractivity contribution in [2.24, 2.45) is 0 Å². The monoisotopic (exact) mass is 413 g/mol. The third-order valence-electron chi connectivity index (χ3n) is 3.84. The Morgan fingerprint density at radius 1 is 1.38 bits per heavy atom. The summed E-state index contributed by atoms with van der Waals surface area (Å²) in [7, 11) is -3.04. The number of carbonyl (C=O) groups is 1. The Bertz CT molecular complexity index is 850. The van der Waals surface area contributed by atoms with Gasteiger partial charge in [-0.15, -0.1) is 10.2 Å². The molecule has 0 spiro atoms. The van der Waals surface area contributed by atoms with Gasteiger partial charge in [-0.25, -0.2) is 8.42 Å². The van der Waals surface area contributed by atoms with Gasteiger partial charge in [0.15, 0.2) is 9.84 Å². The van der Waals surface area contributed by atoms with E-state index in [1.54, 1.807) is 6.92 Å². The molecule has 0 aliphatic carbocycles. The highest BCUT2D eigenvalue weighted by Crippen LogP contribution is 2.18. The molecule has 2 aromatic rings. The van der Waals surface area contributed by atoms with Crippen LogP contribution in [0.15, 0.2) is 28.7 Å². The molecule has 24 heavy (non-hydrogen) atoms. The maximum atomic E-state index is 12.3. The van der Waals surface area contributed by atoms with E-state index < -0.39 is 15.9 Å². The molecule has 2 unspecified atom stereocenters. The van der Waals surface area contributed by atoms with Crippen molar-refractivity contribution in [1.82, 2.24) is 25.5 Å². The molecule has 128 valence electrons. The van der Waals surface area contributed by atoms with Crippen molar-refractivity contribution in [1.29, 1.82) is 0 Å². The van der Waals surface area contributed by atoms with Crippen LogP contribution in [0.1, 0.15) is 19.4 Å². The van der Waals surface area contributed by atoms with Gasteiger partial charge in [-0.1, -0.05) is 15.9 Å². The molecule has 1 fully saturated rings. The zero-order valence-electron chi connectivity index (χ0n) is 12.9. The number of nitrogens with zero attached hydrogens (tertiary/aromatic N) is 4. The summed E-state index contributed by atoms with van der Waals surface area (Å²) in [6.45, 7) is 1.64. The minimum atomic E-state index is -3.04. The van der Waals surface area contributed by atoms with E-state index in [1.165, 1.54) is 4.80 Å². The molecule has 1 aromatic carbocycles. The van der Waals surface area contributed by atoms with Gasteiger partial charge in [0.05, 0.1) is 11.5 Å². The minimum absolute atomic E-state index is 0.0135. The van der Waals surface area contributed by atoms with Gasteiger partial charge in [-0.05, 0) is 42.8 Å². The van der Waals surface area contributed by atoms with Crippen molar-refractivity contribution in [3.05, 3.63) is 28.7 Å². The molecule has 1 aliphatic rings. The number of tetrazole rings is 1. The van der Waals surface area contributed by atoms with E-state index in [0.717, 1.165) is 10.0 Å². The van der Waals surface area contributed by atoms with Gasteiger partial charge >= 0.3 is 0 Å². The second kappa shape index (κ2) is 6.60. The fourth-order valence-corrected chi connectivity index (χ4v) is 4.38. The Balaban J connectivity index is 1.68. The molecule has 8 nitrogen and oxygen atoms in total. The number of aromatic nitrogens is 4. The predicted molar refractivity (Wildman–Crippen MR) is 90.9 cm³/mol. The highest BCUT2D eigenvalue weighted by molar-refractivity contribution is 9.10. The molecular weight excluding hydrogens is 398 g/mol. The second-order valence-electron chi connectivity index (χ2n) is 5.72. The first-order valence-corrected chi connectivity index (χ1v) is 10.0. The number of rotatable bonds is 4. The van der Waals surface area contributed by atoms with Crippen LogP contribution >= 0.6 is 15.9 Å². The van der Waals surface area contributed by atoms with Crippen molar-refractivity contribution in [2.75, 3.05) is 11.5 Å². The number of sulfone groups is 1. The number of amides is 1. The van der Waals surface area contributed by atoms with E-state index >= 15 is 0 Å². The minimum Gasteiger partial charge on any atom is -0.350 e. The summed E-state index contributed by atoms with van der Waals surface area (Å²) in [5.74, 6) is 0.199. The predicted octanol–water partition coefficient (Wildman–Crippen LogP) is 0.967. The molecule has 0 bridgehead atoms. The standard InChI is InChI=1S/C14H16BrN5O3S/c1-9(14(21)16-12-6-7-24(22,23)8-12)20-18-13(17-19-20)10-2-4-11(15)5-3-10/h2-5,9,12H,6-8H2,1H3,(H,16,21). The summed E-state index contributed by atoms with van der Waals surface area (Å²) < 4.78 is 23.8. The Labute approximate surface area is 147 Å². The summed E-state index contributed by atoms with van der Waals surface area (Å²) in [5, 5.41) is 14.9. The molecule has 2 atom stereocenters. The molecule has 1 aliphatic heterocycles. The van der Waals surface area contributed by atoms with E-state index in [0.29, 0.717) is 12.2 Å². The van der Waals surface area contributed by atoms with E-state index in [-0.39, 0.29) is 23.5 Å². The SMILES string of the molecule is CC(C(=O)NC1CCS(=O)(=O)C1)n1nnc(-c2ccc(Br)cc2)n1. The zero-order chi connectivity index (χ0) is 17.3. The third kappa shape index (κ3) is 3.81. The van der Waals surface area contributed by atoms with Gasteiger partial charge in [0.25, 0.3) is 0 Å². The maximum Gasteiger partial charge on any atom is 0.246 e. The highest BCUT2D eigenvalue weighted by Gasteiger charge is 2.30. The van der Waals surface area contributed by atoms with E-state index in [1.807, 2.05) is 24.3 Å². The topological polar surface area (TPSA) is 107 Å². The first-order chi connectivity index (χ1) is 11.3. The first kappa shape index (κ1) is 17.0. The summed E-state index contributed by atoms with van der Waals surface area (Å²) >= 11 is 3.36. The van der Waals surface area contributed by atoms with Crippen LogP contribution in [0.3, 0.4) is 0 Å². The van der Waals surface area contributed by atoms with Gasteiger partial charge in [-0.3, -0.25) is 4.79 Å². The average Bonchev–Trinajstić information content (AvgIpc) is 3.14. The average molecular weight is 414 g/mol. The molecule has 10 heteroatoms. The van der Waals surface area contributed by atoms with Crippen molar-refractivity contribution in [3.63, 3.8) is 0 Å². The molecule has 1 N–H and O–H groups in total. The Morgan fingerprint density at radius 2 is 2.08 bits per heavy atom. The van der Waals surface area contributed by atoms with Crippen LogP contribution in [0, 0.1) is 0 Å². The lowest BCUT2D eigenvalue weighted by molar-refractivity contribution is -0.125. The van der Waals surface area contributed by atoms with Crippen LogP contribution in [0.4, 0.5) is 0 Å². The maximum absolute atomic E-state index is 12.3. The molecule has 2 heterocycles. The van der Waals surface area contributed by atoms with Gasteiger partial charge in [0, 0.05) is 16.1 Å². The number of hydrogen-bond donors (Lipinski definition) is 1. The Hall–Kier alpha value is -1.81. The molecule has 0 saturated carbocycles. The molecule has 3 rings (SSSR count). The normalized spacial score (nSPS) is 20.7. The van der Waals surface area contributed by atoms with Crippen LogP contribution in [0.25, 0.3) is 11.4 Å². The Kier molecular flexibility index (Phi) is 4.68. The largest absolute Gasteiger partial charge is 0.350 e. The number of carbonyl (C=O) groups excluding carboxylic acids is 1. The molecule has 1 amide bonds. The summed E-state index contributed by atoms with van der Waals surface area (Å²) in [6.07, 6.45) is 0.440. The van der Waals surface area contributed by atoms with Crippen LogP contribution in [0.5, 0.6) is 0 Å². The lowest BCUT2D eigenvalue weighted by Gasteiger charge is -2.14. The van der Waals surface area contributed by atoms with E-state index in [9.17, 15) is 13.2 Å². The second-order valence-corrected chi connectivity index (χ2v) is 8.87. The molecule has 1 aromatic heterocycles. The van der Waals surface area contributed by atoms with Crippen LogP contribution in [-0.2, 0) is 14.6 Å². The highest BCUT2D eigenvalue weighted by atomic mass is 79.9. The number of halogens is 1. The fourth-order valence-electron chi connectivity index (χ4n) is 2.44. The molecular formula is C14H16BrN5O3S. The van der Waals surface area contributed by atoms with Crippen LogP contribution in [-0.4, -0.2) is 52.1 Å². The van der Waals surface area contributed by atoms with Crippen molar-refractivity contribution >= 4 is 31.7 Å². The lowest BCUT2D eigenvalue weighted by Crippen LogP contribution is -2.40. The third-order valence-corrected chi connectivity index (χ3v) is 6.13. The van der Waals surface area contributed by atoms with Gasteiger partial charge in [0.2, 0.25) is 11.7 Å². The molecule has 1 saturated heterocycles. The molecule has 0 radical (unpaired) electrons. The van der Waals surface area contributed by atoms with Crippen LogP contribution in [0.2, 0.25) is 0 Å². The van der Waals surface area contributed by atoms with Crippen molar-refractivity contribution in [2.45, 2.75) is 25.4 Å². The first-order valence-electron chi connectivity index (χ1n) is 7.40. The van der Waals surface area contributed by atoms with E-state index in [2.05, 4.69) is 36.7 Å². The Morgan fingerprint density at radius 3 is 2.71 bits per heavy atom. The summed E-state index contributed by atoms with van der Waals surface area (Å²) in [5.41, 5.74) is 0.791. The van der Waals surface area contributed by atoms with Gasteiger partial charge in [-0.2, -0.15) is 4.80 Å².